The Morgan fingerprint density at radius 2 is 1.49 bits per heavy atom. The highest BCUT2D eigenvalue weighted by atomic mass is 35.5. The number of halogens is 1. The smallest absolute Gasteiger partial charge is 0.407 e. The molecule has 3 aromatic carbocycles. The van der Waals surface area contributed by atoms with Gasteiger partial charge in [0.2, 0.25) is 0 Å². The van der Waals surface area contributed by atoms with E-state index in [1.54, 1.807) is 20.8 Å². The number of carbonyl (C=O) groups excluding carboxylic acids is 2. The van der Waals surface area contributed by atoms with E-state index in [0.29, 0.717) is 12.8 Å². The number of amides is 1. The normalized spacial score (nSPS) is 13.5. The first-order valence-electron chi connectivity index (χ1n) is 12.6. The highest BCUT2D eigenvalue weighted by Crippen LogP contribution is 2.44. The van der Waals surface area contributed by atoms with Crippen molar-refractivity contribution in [3.05, 3.63) is 93.5 Å². The maximum Gasteiger partial charge on any atom is 0.407 e. The Morgan fingerprint density at radius 1 is 0.946 bits per heavy atom. The number of nitrogens with one attached hydrogen (secondary N) is 1. The lowest BCUT2D eigenvalue weighted by atomic mass is 9.98. The number of aryl methyl sites for hydroxylation is 3. The molecule has 0 fully saturated rings. The van der Waals surface area contributed by atoms with E-state index in [1.165, 1.54) is 0 Å². The topological polar surface area (TPSA) is 64.6 Å². The quantitative estimate of drug-likeness (QED) is 0.337. The Hall–Kier alpha value is -3.31. The fourth-order valence-corrected chi connectivity index (χ4v) is 5.00. The van der Waals surface area contributed by atoms with Gasteiger partial charge in [0.25, 0.3) is 0 Å². The van der Waals surface area contributed by atoms with Crippen molar-refractivity contribution in [2.24, 2.45) is 0 Å². The summed E-state index contributed by atoms with van der Waals surface area (Å²) < 4.78 is 11.3. The highest BCUT2D eigenvalue weighted by Gasteiger charge is 2.31. The molecule has 1 N–H and O–H groups in total. The van der Waals surface area contributed by atoms with Gasteiger partial charge in [-0.15, -0.1) is 0 Å². The molecule has 0 saturated carbocycles. The maximum absolute atomic E-state index is 13.0. The summed E-state index contributed by atoms with van der Waals surface area (Å²) in [6.45, 7) is 9.51. The minimum Gasteiger partial charge on any atom is -0.458 e. The van der Waals surface area contributed by atoms with E-state index in [1.807, 2.05) is 50.2 Å². The summed E-state index contributed by atoms with van der Waals surface area (Å²) in [7, 11) is 0. The minimum absolute atomic E-state index is 0.0573. The third-order valence-electron chi connectivity index (χ3n) is 6.54. The standard InChI is InChI=1S/C31H34ClNO4/c1-19-16-21(17-20(2)28(19)32)14-15-27(29(34)37-31(3,4)5)33-30(35)36-18-26-24-12-8-6-10-22(24)23-11-7-9-13-25(23)26/h6-13,16-17,26-27H,14-15,18H2,1-5H3,(H,33,35). The summed E-state index contributed by atoms with van der Waals surface area (Å²) in [5.41, 5.74) is 6.92. The number of ether oxygens (including phenoxy) is 2. The molecule has 1 aliphatic rings. The van der Waals surface area contributed by atoms with Crippen LogP contribution < -0.4 is 5.32 Å². The van der Waals surface area contributed by atoms with E-state index < -0.39 is 23.7 Å². The number of fused-ring (bicyclic) bond motifs is 3. The monoisotopic (exact) mass is 519 g/mol. The zero-order chi connectivity index (χ0) is 26.7. The van der Waals surface area contributed by atoms with E-state index >= 15 is 0 Å². The Morgan fingerprint density at radius 3 is 2.03 bits per heavy atom. The van der Waals surface area contributed by atoms with Crippen LogP contribution in [0.15, 0.2) is 60.7 Å². The third kappa shape index (κ3) is 6.34. The molecule has 0 saturated heterocycles. The molecule has 0 radical (unpaired) electrons. The van der Waals surface area contributed by atoms with Gasteiger partial charge < -0.3 is 14.8 Å². The van der Waals surface area contributed by atoms with E-state index in [4.69, 9.17) is 21.1 Å². The molecule has 0 aliphatic heterocycles. The van der Waals surface area contributed by atoms with Crippen LogP contribution in [0.5, 0.6) is 0 Å². The number of alkyl carbamates (subject to hydrolysis) is 1. The van der Waals surface area contributed by atoms with Gasteiger partial charge in [-0.3, -0.25) is 0 Å². The van der Waals surface area contributed by atoms with Crippen molar-refractivity contribution < 1.29 is 19.1 Å². The van der Waals surface area contributed by atoms with Crippen molar-refractivity contribution in [2.45, 2.75) is 65.0 Å². The first kappa shape index (κ1) is 26.7. The highest BCUT2D eigenvalue weighted by molar-refractivity contribution is 6.32. The fourth-order valence-electron chi connectivity index (χ4n) is 4.90. The van der Waals surface area contributed by atoms with Gasteiger partial charge in [0, 0.05) is 10.9 Å². The molecule has 1 aliphatic carbocycles. The van der Waals surface area contributed by atoms with Crippen LogP contribution in [0.2, 0.25) is 5.02 Å². The maximum atomic E-state index is 13.0. The van der Waals surface area contributed by atoms with Gasteiger partial charge in [-0.1, -0.05) is 72.3 Å². The SMILES string of the molecule is Cc1cc(CCC(NC(=O)OCC2c3ccccc3-c3ccccc32)C(=O)OC(C)(C)C)cc(C)c1Cl. The van der Waals surface area contributed by atoms with Crippen molar-refractivity contribution in [2.75, 3.05) is 6.61 Å². The molecule has 1 unspecified atom stereocenters. The number of esters is 1. The zero-order valence-electron chi connectivity index (χ0n) is 22.1. The van der Waals surface area contributed by atoms with Gasteiger partial charge in [-0.2, -0.15) is 0 Å². The molecule has 6 heteroatoms. The Balaban J connectivity index is 1.45. The molecule has 1 amide bonds. The van der Waals surface area contributed by atoms with Crippen LogP contribution in [0.4, 0.5) is 4.79 Å². The molecular formula is C31H34ClNO4. The largest absolute Gasteiger partial charge is 0.458 e. The van der Waals surface area contributed by atoms with Crippen LogP contribution >= 0.6 is 11.6 Å². The zero-order valence-corrected chi connectivity index (χ0v) is 22.8. The lowest BCUT2D eigenvalue weighted by molar-refractivity contribution is -0.157. The summed E-state index contributed by atoms with van der Waals surface area (Å²) in [6.07, 6.45) is 0.313. The van der Waals surface area contributed by atoms with Crippen molar-refractivity contribution in [3.8, 4) is 11.1 Å². The molecule has 1 atom stereocenters. The summed E-state index contributed by atoms with van der Waals surface area (Å²) in [5.74, 6) is -0.540. The van der Waals surface area contributed by atoms with Gasteiger partial charge in [0.1, 0.15) is 18.2 Å². The summed E-state index contributed by atoms with van der Waals surface area (Å²) >= 11 is 6.31. The Bertz CT molecular complexity index is 1240. The second kappa shape index (κ2) is 11.0. The number of hydrogen-bond donors (Lipinski definition) is 1. The molecule has 0 bridgehead atoms. The van der Waals surface area contributed by atoms with Crippen LogP contribution in [-0.4, -0.2) is 30.3 Å². The Kier molecular flexibility index (Phi) is 7.93. The van der Waals surface area contributed by atoms with Crippen LogP contribution in [0, 0.1) is 13.8 Å². The summed E-state index contributed by atoms with van der Waals surface area (Å²) in [5, 5.41) is 3.50. The first-order valence-corrected chi connectivity index (χ1v) is 13.0. The molecule has 3 aromatic rings. The second-order valence-corrected chi connectivity index (χ2v) is 11.0. The van der Waals surface area contributed by atoms with Gasteiger partial charge >= 0.3 is 12.1 Å². The predicted octanol–water partition coefficient (Wildman–Crippen LogP) is 7.14. The molecule has 194 valence electrons. The number of benzene rings is 3. The number of carbonyl (C=O) groups is 2. The van der Waals surface area contributed by atoms with Crippen LogP contribution in [0.1, 0.15) is 60.9 Å². The lowest BCUT2D eigenvalue weighted by Gasteiger charge is -2.25. The molecule has 0 heterocycles. The van der Waals surface area contributed by atoms with Crippen molar-refractivity contribution >= 4 is 23.7 Å². The second-order valence-electron chi connectivity index (χ2n) is 10.6. The molecule has 0 aromatic heterocycles. The summed E-state index contributed by atoms with van der Waals surface area (Å²) in [4.78, 5) is 25.9. The van der Waals surface area contributed by atoms with Gasteiger partial charge in [0.15, 0.2) is 0 Å². The van der Waals surface area contributed by atoms with Gasteiger partial charge in [-0.05, 0) is 86.4 Å². The summed E-state index contributed by atoms with van der Waals surface area (Å²) in [6, 6.07) is 19.5. The molecule has 37 heavy (non-hydrogen) atoms. The van der Waals surface area contributed by atoms with Crippen LogP contribution in [0.25, 0.3) is 11.1 Å². The number of rotatable bonds is 7. The fraction of sp³-hybridized carbons (Fsp3) is 0.355. The van der Waals surface area contributed by atoms with Crippen molar-refractivity contribution in [1.29, 1.82) is 0 Å². The molecule has 0 spiro atoms. The molecule has 5 nitrogen and oxygen atoms in total. The predicted molar refractivity (Wildman–Crippen MR) is 147 cm³/mol. The van der Waals surface area contributed by atoms with Gasteiger partial charge in [0.05, 0.1) is 0 Å². The van der Waals surface area contributed by atoms with E-state index in [2.05, 4.69) is 29.6 Å². The molecule has 4 rings (SSSR count). The Labute approximate surface area is 224 Å². The van der Waals surface area contributed by atoms with Crippen molar-refractivity contribution in [3.63, 3.8) is 0 Å². The van der Waals surface area contributed by atoms with Crippen LogP contribution in [0.3, 0.4) is 0 Å². The average Bonchev–Trinajstić information content (AvgIpc) is 3.16. The third-order valence-corrected chi connectivity index (χ3v) is 7.14. The van der Waals surface area contributed by atoms with E-state index in [9.17, 15) is 9.59 Å². The van der Waals surface area contributed by atoms with Gasteiger partial charge in [-0.25, -0.2) is 9.59 Å². The average molecular weight is 520 g/mol. The lowest BCUT2D eigenvalue weighted by Crippen LogP contribution is -2.45. The number of hydrogen-bond acceptors (Lipinski definition) is 4. The van der Waals surface area contributed by atoms with E-state index in [0.717, 1.165) is 44.0 Å². The first-order chi connectivity index (χ1) is 17.5. The van der Waals surface area contributed by atoms with Crippen LogP contribution in [-0.2, 0) is 20.7 Å². The van der Waals surface area contributed by atoms with E-state index in [-0.39, 0.29) is 12.5 Å². The minimum atomic E-state index is -0.842. The molecular weight excluding hydrogens is 486 g/mol. The van der Waals surface area contributed by atoms with Crippen molar-refractivity contribution in [1.82, 2.24) is 5.32 Å².